The number of nitrogens with zero attached hydrogens (tertiary/aromatic N) is 6. The second kappa shape index (κ2) is 26.7. The maximum atomic E-state index is 13.7. The lowest BCUT2D eigenvalue weighted by atomic mass is 9.90. The summed E-state index contributed by atoms with van der Waals surface area (Å²) in [4.78, 5) is 45.2. The number of H-pyrrole nitrogens is 3. The van der Waals surface area contributed by atoms with E-state index >= 15 is 0 Å². The number of non-ortho nitro benzene ring substituents is 3. The Balaban J connectivity index is 1.33. The summed E-state index contributed by atoms with van der Waals surface area (Å²) < 4.78 is 126. The predicted octanol–water partition coefficient (Wildman–Crippen LogP) is 8.27. The minimum atomic E-state index is -4.69. The zero-order valence-corrected chi connectivity index (χ0v) is 54.9. The lowest BCUT2D eigenvalue weighted by molar-refractivity contribution is -0.679. The van der Waals surface area contributed by atoms with Crippen molar-refractivity contribution in [2.24, 2.45) is 21.1 Å². The highest BCUT2D eigenvalue weighted by Gasteiger charge is 2.32. The molecule has 0 fully saturated rings. The van der Waals surface area contributed by atoms with Gasteiger partial charge in [-0.05, 0) is 36.4 Å². The van der Waals surface area contributed by atoms with Gasteiger partial charge in [0.15, 0.2) is 19.8 Å². The van der Waals surface area contributed by atoms with Crippen LogP contribution in [0.15, 0.2) is 125 Å². The second-order valence-corrected chi connectivity index (χ2v) is 29.4. The molecule has 3 heterocycles. The molecule has 0 atom stereocenters. The van der Waals surface area contributed by atoms with Gasteiger partial charge in [-0.15, -0.1) is 0 Å². The Morgan fingerprint density at radius 1 is 0.376 bits per heavy atom. The first-order valence-corrected chi connectivity index (χ1v) is 34.7. The number of ether oxygens (including phenoxy) is 6. The molecule has 6 aromatic carbocycles. The molecule has 0 saturated heterocycles. The lowest BCUT2D eigenvalue weighted by Crippen LogP contribution is -2.31. The third kappa shape index (κ3) is 14.6. The van der Waals surface area contributed by atoms with Crippen molar-refractivity contribution in [2.45, 2.75) is 73.0 Å². The van der Waals surface area contributed by atoms with Gasteiger partial charge in [0.05, 0.1) is 71.9 Å². The Kier molecular flexibility index (Phi) is 19.1. The zero-order valence-electron chi connectivity index (χ0n) is 50.1. The number of halogens is 3. The number of hydrogen-bond donors (Lipinski definition) is 3. The largest absolute Gasteiger partial charge is 0.496 e. The number of fused-ring (bicyclic) bond motifs is 12. The Morgan fingerprint density at radius 3 is 0.720 bits per heavy atom. The molecule has 33 heteroatoms. The van der Waals surface area contributed by atoms with Gasteiger partial charge in [-0.25, -0.2) is 53.9 Å². The lowest BCUT2D eigenvalue weighted by Gasteiger charge is -2.22. The van der Waals surface area contributed by atoms with E-state index in [0.29, 0.717) is 17.5 Å². The Labute approximate surface area is 544 Å². The van der Waals surface area contributed by atoms with E-state index in [2.05, 4.69) is 15.0 Å². The molecule has 0 amide bonds. The van der Waals surface area contributed by atoms with Gasteiger partial charge >= 0.3 is 0 Å². The van der Waals surface area contributed by atoms with Gasteiger partial charge in [-0.2, -0.15) is 0 Å². The van der Waals surface area contributed by atoms with Gasteiger partial charge in [0.2, 0.25) is 0 Å². The van der Waals surface area contributed by atoms with Crippen LogP contribution in [0.25, 0.3) is 0 Å². The number of aromatic nitrogens is 6. The molecular weight excluding hydrogens is 1340 g/mol. The molecule has 12 bridgehead atoms. The van der Waals surface area contributed by atoms with Crippen LogP contribution in [0, 0.1) is 30.3 Å². The van der Waals surface area contributed by atoms with Crippen LogP contribution in [-0.2, 0) is 107 Å². The van der Waals surface area contributed by atoms with Gasteiger partial charge in [0, 0.05) is 174 Å². The summed E-state index contributed by atoms with van der Waals surface area (Å²) in [6.45, 7) is -0.652. The number of aryl methyl sites for hydroxylation is 3. The number of benzene rings is 6. The number of imidazole rings is 3. The van der Waals surface area contributed by atoms with Crippen molar-refractivity contribution in [1.82, 2.24) is 15.0 Å². The molecule has 3 aromatic heterocycles. The third-order valence-electron chi connectivity index (χ3n) is 15.7. The third-order valence-corrected chi connectivity index (χ3v) is 19.7. The summed E-state index contributed by atoms with van der Waals surface area (Å²) in [7, 11) is 13.6. The van der Waals surface area contributed by atoms with E-state index in [1.807, 2.05) is 0 Å². The van der Waals surface area contributed by atoms with E-state index in [1.165, 1.54) is 94.1 Å². The Morgan fingerprint density at radius 2 is 0.570 bits per heavy atom. The van der Waals surface area contributed by atoms with Crippen LogP contribution in [0.2, 0.25) is 0 Å². The average Bonchev–Trinajstić information content (AvgIpc) is 1.18. The van der Waals surface area contributed by atoms with Gasteiger partial charge in [-0.3, -0.25) is 30.3 Å². The standard InChI is InChI=1S/C60H54Cl3N9O18S3/c1-67-10-7-64-52(67)31-88-58-40-13-34-19-46(70(73)74)21-36(55(34)85-4)15-42-27-50(92(62,81)82)29-44(59(42)89-32-53-65-8-11-68(53)2)17-38-23-48(72(77)78)24-39(57(38)87-6)18-45-30-51(93(63,83)84)28-43(60(45)90-33-54-66-9-12-69(54)3)16-37-22-47(71(75)76)20-35(56(37)86-5)14-41(58)26-49(25-40)91(61,79)80/h7-12,19-30H,13-18,31-33H2,1-6H3/p+3. The number of methoxy groups -OCH3 is 3. The quantitative estimate of drug-likeness (QED) is 0.0315. The van der Waals surface area contributed by atoms with Gasteiger partial charge < -0.3 is 28.4 Å². The maximum absolute atomic E-state index is 13.7. The minimum absolute atomic E-state index is 0.00619. The molecule has 0 unspecified atom stereocenters. The minimum Gasteiger partial charge on any atom is -0.496 e. The molecule has 93 heavy (non-hydrogen) atoms. The van der Waals surface area contributed by atoms with Crippen LogP contribution in [-0.4, -0.2) is 76.3 Å². The predicted molar refractivity (Wildman–Crippen MR) is 333 cm³/mol. The molecule has 0 spiro atoms. The Bertz CT molecular complexity index is 4240. The summed E-state index contributed by atoms with van der Waals surface area (Å²) in [6, 6.07) is 14.4. The topological polar surface area (TPSA) is 346 Å². The first-order valence-electron chi connectivity index (χ1n) is 27.8. The maximum Gasteiger partial charge on any atom is 0.292 e. The number of hydrogen-bond acceptors (Lipinski definition) is 18. The van der Waals surface area contributed by atoms with Crippen LogP contribution >= 0.6 is 32.0 Å². The molecule has 1 aliphatic rings. The van der Waals surface area contributed by atoms with E-state index in [1.54, 1.807) is 72.0 Å². The van der Waals surface area contributed by atoms with E-state index < -0.39 is 112 Å². The summed E-state index contributed by atoms with van der Waals surface area (Å²) in [5, 5.41) is 39.4. The van der Waals surface area contributed by atoms with Crippen molar-refractivity contribution in [3.8, 4) is 34.5 Å². The number of nitro benzene ring substituents is 3. The highest BCUT2D eigenvalue weighted by atomic mass is 35.7. The fourth-order valence-corrected chi connectivity index (χ4v) is 13.9. The summed E-state index contributed by atoms with van der Waals surface area (Å²) in [5.74, 6) is 1.45. The highest BCUT2D eigenvalue weighted by Crippen LogP contribution is 2.45. The summed E-state index contributed by atoms with van der Waals surface area (Å²) in [5.41, 5.74) is -0.769. The van der Waals surface area contributed by atoms with Crippen molar-refractivity contribution < 1.29 is 82.1 Å². The van der Waals surface area contributed by atoms with E-state index in [4.69, 9.17) is 60.5 Å². The number of rotatable bonds is 18. The first kappa shape index (κ1) is 66.6. The van der Waals surface area contributed by atoms with Gasteiger partial charge in [0.1, 0.15) is 71.7 Å². The fourth-order valence-electron chi connectivity index (χ4n) is 11.4. The molecule has 27 nitrogen and oxygen atoms in total. The molecule has 486 valence electrons. The van der Waals surface area contributed by atoms with Crippen LogP contribution < -0.4 is 42.1 Å². The normalized spacial score (nSPS) is 12.7. The smallest absolute Gasteiger partial charge is 0.292 e. The molecule has 9 aromatic rings. The van der Waals surface area contributed by atoms with Crippen LogP contribution in [0.3, 0.4) is 0 Å². The SMILES string of the molecule is COc1c2cc([N+](=O)[O-])cc1Cc1cc(S(=O)(=O)Cl)cc(c1OCc1[nH]cc[n+]1C)Cc1cc([N+](=O)[O-])cc(c1OC)Cc1cc(S(=O)(=O)Cl)cc(c1OCc1[nH]cc[n+]1C)Cc1cc([N+](=O)[O-])cc(c1OC)Cc1cc(S(=O)(=O)Cl)cc(c1OCc1[nH]cc[n+]1C)C2. The van der Waals surface area contributed by atoms with Crippen molar-refractivity contribution >= 4 is 76.3 Å². The molecule has 0 aliphatic heterocycles. The monoisotopic (exact) mass is 1390 g/mol. The molecular formula is C60H57Cl3N9O18S3+3. The summed E-state index contributed by atoms with van der Waals surface area (Å²) in [6.07, 6.45) is 7.54. The highest BCUT2D eigenvalue weighted by molar-refractivity contribution is 8.14. The number of aromatic amines is 3. The Hall–Kier alpha value is -9.33. The van der Waals surface area contributed by atoms with Crippen LogP contribution in [0.4, 0.5) is 17.1 Å². The number of nitro groups is 3. The molecule has 3 N–H and O–H groups in total. The second-order valence-electron chi connectivity index (χ2n) is 21.7. The van der Waals surface area contributed by atoms with Crippen LogP contribution in [0.1, 0.15) is 84.2 Å². The number of nitrogens with one attached hydrogen (secondary N) is 3. The van der Waals surface area contributed by atoms with E-state index in [0.717, 1.165) is 0 Å². The molecule has 1 aliphatic carbocycles. The van der Waals surface area contributed by atoms with Crippen molar-refractivity contribution in [2.75, 3.05) is 21.3 Å². The van der Waals surface area contributed by atoms with Gasteiger partial charge in [-0.1, -0.05) is 0 Å². The molecule has 0 radical (unpaired) electrons. The zero-order chi connectivity index (χ0) is 67.0. The van der Waals surface area contributed by atoms with E-state index in [-0.39, 0.29) is 121 Å². The average molecular weight is 1390 g/mol. The first-order chi connectivity index (χ1) is 44.0. The van der Waals surface area contributed by atoms with Crippen molar-refractivity contribution in [3.05, 3.63) is 225 Å². The van der Waals surface area contributed by atoms with E-state index in [9.17, 15) is 55.6 Å². The van der Waals surface area contributed by atoms with Gasteiger partial charge in [0.25, 0.3) is 61.7 Å². The van der Waals surface area contributed by atoms with Crippen LogP contribution in [0.5, 0.6) is 34.5 Å². The summed E-state index contributed by atoms with van der Waals surface area (Å²) >= 11 is 0. The van der Waals surface area contributed by atoms with Crippen molar-refractivity contribution in [3.63, 3.8) is 0 Å². The van der Waals surface area contributed by atoms with Crippen molar-refractivity contribution in [1.29, 1.82) is 0 Å². The fraction of sp³-hybridized carbons (Fsp3) is 0.250. The molecule has 0 saturated carbocycles. The molecule has 10 rings (SSSR count).